The first kappa shape index (κ1) is 23.3. The van der Waals surface area contributed by atoms with Crippen LogP contribution in [0.25, 0.3) is 49.4 Å². The molecule has 0 amide bonds. The minimum atomic E-state index is 0.0264. The molecule has 0 saturated carbocycles. The topological polar surface area (TPSA) is 25.2 Å². The smallest absolute Gasteiger partial charge is 0.136 e. The standard InChI is InChI=1S/C38H31NO/c1-23-7-6-10-32-36(23)30-18-17-28(22-33(30)38(32,2)3)39-27-15-11-24(12-16-27)26-14-19-34-31(21-26)37-29-9-5-4-8-25(29)13-20-35(37)40-34/h4-6,8-23,39H,7H2,1-3H3. The van der Waals surface area contributed by atoms with E-state index in [1.54, 1.807) is 0 Å². The first-order chi connectivity index (χ1) is 19.5. The summed E-state index contributed by atoms with van der Waals surface area (Å²) in [4.78, 5) is 0. The van der Waals surface area contributed by atoms with Crippen molar-refractivity contribution in [3.05, 3.63) is 126 Å². The first-order valence-electron chi connectivity index (χ1n) is 14.2. The van der Waals surface area contributed by atoms with Crippen LogP contribution in [0, 0.1) is 5.92 Å². The molecule has 0 saturated heterocycles. The molecule has 2 aliphatic carbocycles. The summed E-state index contributed by atoms with van der Waals surface area (Å²) in [5, 5.41) is 8.47. The van der Waals surface area contributed by atoms with E-state index in [4.69, 9.17) is 4.42 Å². The van der Waals surface area contributed by atoms with E-state index in [1.807, 2.05) is 0 Å². The second-order valence-corrected chi connectivity index (χ2v) is 11.9. The molecule has 6 aromatic rings. The molecule has 1 heterocycles. The molecule has 2 aliphatic rings. The zero-order valence-electron chi connectivity index (χ0n) is 23.1. The Bertz CT molecular complexity index is 2030. The lowest BCUT2D eigenvalue weighted by Crippen LogP contribution is -2.17. The van der Waals surface area contributed by atoms with Crippen molar-refractivity contribution in [2.24, 2.45) is 5.92 Å². The maximum Gasteiger partial charge on any atom is 0.136 e. The highest BCUT2D eigenvalue weighted by atomic mass is 16.3. The first-order valence-corrected chi connectivity index (χ1v) is 14.2. The highest BCUT2D eigenvalue weighted by Gasteiger charge is 2.39. The Labute approximate surface area is 234 Å². The van der Waals surface area contributed by atoms with E-state index >= 15 is 0 Å². The van der Waals surface area contributed by atoms with E-state index in [-0.39, 0.29) is 5.41 Å². The summed E-state index contributed by atoms with van der Waals surface area (Å²) >= 11 is 0. The van der Waals surface area contributed by atoms with Crippen molar-refractivity contribution < 1.29 is 4.42 Å². The molecular formula is C38H31NO. The molecule has 5 aromatic carbocycles. The van der Waals surface area contributed by atoms with Gasteiger partial charge in [-0.25, -0.2) is 0 Å². The van der Waals surface area contributed by atoms with Crippen LogP contribution in [0.2, 0.25) is 0 Å². The quantitative estimate of drug-likeness (QED) is 0.252. The van der Waals surface area contributed by atoms with Gasteiger partial charge in [-0.1, -0.05) is 87.5 Å². The van der Waals surface area contributed by atoms with Gasteiger partial charge in [0.15, 0.2) is 0 Å². The van der Waals surface area contributed by atoms with Gasteiger partial charge in [0.2, 0.25) is 0 Å². The number of rotatable bonds is 3. The van der Waals surface area contributed by atoms with E-state index in [0.717, 1.165) is 34.3 Å². The van der Waals surface area contributed by atoms with E-state index < -0.39 is 0 Å². The summed E-state index contributed by atoms with van der Waals surface area (Å²) in [5.41, 5.74) is 12.4. The normalized spacial score (nSPS) is 17.5. The predicted molar refractivity (Wildman–Crippen MR) is 169 cm³/mol. The molecule has 0 bridgehead atoms. The van der Waals surface area contributed by atoms with Gasteiger partial charge in [-0.2, -0.15) is 0 Å². The van der Waals surface area contributed by atoms with Gasteiger partial charge < -0.3 is 9.73 Å². The Morgan fingerprint density at radius 3 is 2.40 bits per heavy atom. The summed E-state index contributed by atoms with van der Waals surface area (Å²) in [6, 6.07) is 34.9. The van der Waals surface area contributed by atoms with Gasteiger partial charge in [-0.3, -0.25) is 0 Å². The summed E-state index contributed by atoms with van der Waals surface area (Å²) in [5.74, 6) is 0.574. The fraction of sp³-hybridized carbons (Fsp3) is 0.158. The average Bonchev–Trinajstić information content (AvgIpc) is 3.46. The van der Waals surface area contributed by atoms with Crippen LogP contribution < -0.4 is 5.32 Å². The van der Waals surface area contributed by atoms with Crippen molar-refractivity contribution in [1.82, 2.24) is 0 Å². The zero-order chi connectivity index (χ0) is 27.0. The lowest BCUT2D eigenvalue weighted by atomic mass is 9.79. The predicted octanol–water partition coefficient (Wildman–Crippen LogP) is 10.8. The second kappa shape index (κ2) is 8.47. The third kappa shape index (κ3) is 3.42. The molecule has 40 heavy (non-hydrogen) atoms. The molecule has 1 N–H and O–H groups in total. The molecule has 8 rings (SSSR count). The van der Waals surface area contributed by atoms with Crippen LogP contribution in [0.4, 0.5) is 11.4 Å². The van der Waals surface area contributed by atoms with Crippen LogP contribution in [-0.2, 0) is 5.41 Å². The largest absolute Gasteiger partial charge is 0.456 e. The molecule has 1 unspecified atom stereocenters. The molecule has 194 valence electrons. The molecule has 0 radical (unpaired) electrons. The zero-order valence-corrected chi connectivity index (χ0v) is 23.1. The van der Waals surface area contributed by atoms with Crippen LogP contribution in [0.5, 0.6) is 0 Å². The number of anilines is 2. The summed E-state index contributed by atoms with van der Waals surface area (Å²) in [6.45, 7) is 7.07. The summed E-state index contributed by atoms with van der Waals surface area (Å²) in [6.07, 6.45) is 5.82. The number of furan rings is 1. The second-order valence-electron chi connectivity index (χ2n) is 11.9. The highest BCUT2D eigenvalue weighted by molar-refractivity contribution is 6.19. The maximum absolute atomic E-state index is 6.20. The minimum Gasteiger partial charge on any atom is -0.456 e. The van der Waals surface area contributed by atoms with E-state index in [1.165, 1.54) is 49.6 Å². The van der Waals surface area contributed by atoms with Gasteiger partial charge in [-0.05, 0) is 99.0 Å². The van der Waals surface area contributed by atoms with Crippen molar-refractivity contribution >= 4 is 49.7 Å². The summed E-state index contributed by atoms with van der Waals surface area (Å²) in [7, 11) is 0. The molecule has 0 spiro atoms. The van der Waals surface area contributed by atoms with Gasteiger partial charge in [0.1, 0.15) is 11.2 Å². The van der Waals surface area contributed by atoms with E-state index in [9.17, 15) is 0 Å². The molecule has 0 fully saturated rings. The van der Waals surface area contributed by atoms with Gasteiger partial charge in [0, 0.05) is 27.6 Å². The monoisotopic (exact) mass is 517 g/mol. The third-order valence-electron chi connectivity index (χ3n) is 9.08. The Morgan fingerprint density at radius 2 is 1.52 bits per heavy atom. The Balaban J connectivity index is 1.11. The number of hydrogen-bond donors (Lipinski definition) is 1. The Hall–Kier alpha value is -4.56. The fourth-order valence-electron chi connectivity index (χ4n) is 6.98. The van der Waals surface area contributed by atoms with Gasteiger partial charge in [0.25, 0.3) is 0 Å². The van der Waals surface area contributed by atoms with Gasteiger partial charge in [-0.15, -0.1) is 0 Å². The van der Waals surface area contributed by atoms with Crippen LogP contribution in [0.15, 0.2) is 119 Å². The van der Waals surface area contributed by atoms with Gasteiger partial charge in [0.05, 0.1) is 0 Å². The molecular weight excluding hydrogens is 486 g/mol. The molecule has 1 aromatic heterocycles. The molecule has 2 nitrogen and oxygen atoms in total. The molecule has 2 heteroatoms. The van der Waals surface area contributed by atoms with Gasteiger partial charge >= 0.3 is 0 Å². The van der Waals surface area contributed by atoms with Crippen molar-refractivity contribution in [3.8, 4) is 11.1 Å². The number of fused-ring (bicyclic) bond motifs is 7. The lowest BCUT2D eigenvalue weighted by molar-refractivity contribution is 0.643. The minimum absolute atomic E-state index is 0.0264. The number of hydrogen-bond acceptors (Lipinski definition) is 2. The van der Waals surface area contributed by atoms with Crippen LogP contribution in [0.3, 0.4) is 0 Å². The van der Waals surface area contributed by atoms with Crippen LogP contribution >= 0.6 is 0 Å². The summed E-state index contributed by atoms with van der Waals surface area (Å²) < 4.78 is 6.20. The maximum atomic E-state index is 6.20. The van der Waals surface area contributed by atoms with E-state index in [2.05, 4.69) is 135 Å². The van der Waals surface area contributed by atoms with Crippen molar-refractivity contribution in [2.75, 3.05) is 5.32 Å². The number of allylic oxidation sites excluding steroid dienone is 4. The van der Waals surface area contributed by atoms with Crippen molar-refractivity contribution in [1.29, 1.82) is 0 Å². The SMILES string of the molecule is CC1CC=CC2=C1c1ccc(Nc3ccc(-c4ccc5oc6ccc7ccccc7c6c5c4)cc3)cc1C2(C)C. The number of benzene rings is 5. The number of nitrogens with one attached hydrogen (secondary N) is 1. The van der Waals surface area contributed by atoms with Crippen LogP contribution in [-0.4, -0.2) is 0 Å². The third-order valence-corrected chi connectivity index (χ3v) is 9.08. The van der Waals surface area contributed by atoms with Crippen molar-refractivity contribution in [2.45, 2.75) is 32.6 Å². The Morgan fingerprint density at radius 1 is 0.750 bits per heavy atom. The van der Waals surface area contributed by atoms with E-state index in [0.29, 0.717) is 5.92 Å². The molecule has 0 aliphatic heterocycles. The van der Waals surface area contributed by atoms with Crippen LogP contribution in [0.1, 0.15) is 38.3 Å². The Kier molecular flexibility index (Phi) is 4.94. The van der Waals surface area contributed by atoms with Crippen molar-refractivity contribution in [3.63, 3.8) is 0 Å². The lowest BCUT2D eigenvalue weighted by Gasteiger charge is -2.25. The highest BCUT2D eigenvalue weighted by Crippen LogP contribution is 2.52. The molecule has 1 atom stereocenters. The average molecular weight is 518 g/mol. The fourth-order valence-corrected chi connectivity index (χ4v) is 6.98.